The summed E-state index contributed by atoms with van der Waals surface area (Å²) in [5.41, 5.74) is 0.746. The summed E-state index contributed by atoms with van der Waals surface area (Å²) in [6.45, 7) is 0. The van der Waals surface area contributed by atoms with E-state index in [1.807, 2.05) is 0 Å². The summed E-state index contributed by atoms with van der Waals surface area (Å²) < 4.78 is 0. The first kappa shape index (κ1) is 13.3. The normalized spacial score (nSPS) is 12.8. The van der Waals surface area contributed by atoms with Gasteiger partial charge in [0.05, 0.1) is 0 Å². The van der Waals surface area contributed by atoms with Gasteiger partial charge in [-0.1, -0.05) is 23.2 Å². The standard InChI is InChI=1S/C11H13Cl2NO2/c1-14(2)10(11(15)16)6-7-5-8(12)3-4-9(7)13/h3-5,10H,6H2,1-2H3,(H,15,16). The number of carbonyl (C=O) groups is 1. The Morgan fingerprint density at radius 3 is 2.56 bits per heavy atom. The minimum absolute atomic E-state index is 0.335. The smallest absolute Gasteiger partial charge is 0.321 e. The molecule has 0 saturated carbocycles. The Kier molecular flexibility index (Phi) is 4.59. The maximum absolute atomic E-state index is 11.0. The van der Waals surface area contributed by atoms with Crippen LogP contribution < -0.4 is 0 Å². The number of hydrogen-bond acceptors (Lipinski definition) is 2. The van der Waals surface area contributed by atoms with Gasteiger partial charge < -0.3 is 5.11 Å². The Hall–Kier alpha value is -0.770. The van der Waals surface area contributed by atoms with Crippen molar-refractivity contribution in [1.82, 2.24) is 4.90 Å². The van der Waals surface area contributed by atoms with Gasteiger partial charge in [-0.2, -0.15) is 0 Å². The van der Waals surface area contributed by atoms with Crippen LogP contribution in [0.4, 0.5) is 0 Å². The fraction of sp³-hybridized carbons (Fsp3) is 0.364. The largest absolute Gasteiger partial charge is 0.480 e. The van der Waals surface area contributed by atoms with E-state index in [4.69, 9.17) is 28.3 Å². The molecule has 0 bridgehead atoms. The van der Waals surface area contributed by atoms with E-state index in [2.05, 4.69) is 0 Å². The average Bonchev–Trinajstić information content (AvgIpc) is 2.18. The van der Waals surface area contributed by atoms with Crippen molar-refractivity contribution in [3.8, 4) is 0 Å². The van der Waals surface area contributed by atoms with E-state index in [0.29, 0.717) is 16.5 Å². The zero-order valence-corrected chi connectivity index (χ0v) is 10.6. The number of hydrogen-bond donors (Lipinski definition) is 1. The Morgan fingerprint density at radius 2 is 2.06 bits per heavy atom. The lowest BCUT2D eigenvalue weighted by Crippen LogP contribution is -2.37. The van der Waals surface area contributed by atoms with Gasteiger partial charge >= 0.3 is 5.97 Å². The minimum atomic E-state index is -0.874. The van der Waals surface area contributed by atoms with Crippen LogP contribution in [0.15, 0.2) is 18.2 Å². The first-order chi connectivity index (χ1) is 7.41. The molecule has 88 valence electrons. The van der Waals surface area contributed by atoms with Gasteiger partial charge in [-0.25, -0.2) is 0 Å². The van der Waals surface area contributed by atoms with E-state index >= 15 is 0 Å². The molecule has 0 amide bonds. The molecule has 0 aliphatic carbocycles. The number of aliphatic carboxylic acids is 1. The van der Waals surface area contributed by atoms with E-state index < -0.39 is 12.0 Å². The molecule has 16 heavy (non-hydrogen) atoms. The molecule has 0 fully saturated rings. The third-order valence-electron chi connectivity index (χ3n) is 2.33. The summed E-state index contributed by atoms with van der Waals surface area (Å²) in [4.78, 5) is 12.7. The highest BCUT2D eigenvalue weighted by Crippen LogP contribution is 2.22. The number of halogens is 2. The van der Waals surface area contributed by atoms with Gasteiger partial charge in [0, 0.05) is 16.5 Å². The molecule has 1 aromatic carbocycles. The van der Waals surface area contributed by atoms with Crippen LogP contribution in [-0.2, 0) is 11.2 Å². The third-order valence-corrected chi connectivity index (χ3v) is 2.93. The Labute approximate surface area is 105 Å². The lowest BCUT2D eigenvalue weighted by molar-refractivity contribution is -0.142. The molecule has 3 nitrogen and oxygen atoms in total. The molecule has 1 unspecified atom stereocenters. The van der Waals surface area contributed by atoms with E-state index in [9.17, 15) is 4.79 Å². The van der Waals surface area contributed by atoms with Crippen molar-refractivity contribution in [2.24, 2.45) is 0 Å². The molecule has 1 rings (SSSR count). The summed E-state index contributed by atoms with van der Waals surface area (Å²) in [5.74, 6) is -0.874. The van der Waals surface area contributed by atoms with E-state index in [0.717, 1.165) is 5.56 Å². The Morgan fingerprint density at radius 1 is 1.44 bits per heavy atom. The molecule has 5 heteroatoms. The zero-order chi connectivity index (χ0) is 12.3. The molecular formula is C11H13Cl2NO2. The van der Waals surface area contributed by atoms with Crippen molar-refractivity contribution in [3.63, 3.8) is 0 Å². The fourth-order valence-corrected chi connectivity index (χ4v) is 1.79. The molecule has 1 N–H and O–H groups in total. The molecule has 0 radical (unpaired) electrons. The first-order valence-corrected chi connectivity index (χ1v) is 5.50. The highest BCUT2D eigenvalue weighted by Gasteiger charge is 2.21. The number of likely N-dealkylation sites (N-methyl/N-ethyl adjacent to an activating group) is 1. The van der Waals surface area contributed by atoms with E-state index in [-0.39, 0.29) is 0 Å². The molecule has 0 saturated heterocycles. The number of nitrogens with zero attached hydrogens (tertiary/aromatic N) is 1. The summed E-state index contributed by atoms with van der Waals surface area (Å²) in [6, 6.07) is 4.45. The van der Waals surface area contributed by atoms with Gasteiger partial charge in [0.1, 0.15) is 6.04 Å². The van der Waals surface area contributed by atoms with E-state index in [1.54, 1.807) is 37.2 Å². The van der Waals surface area contributed by atoms with Crippen molar-refractivity contribution in [3.05, 3.63) is 33.8 Å². The second kappa shape index (κ2) is 5.53. The highest BCUT2D eigenvalue weighted by atomic mass is 35.5. The summed E-state index contributed by atoms with van der Waals surface area (Å²) >= 11 is 11.8. The van der Waals surface area contributed by atoms with Crippen molar-refractivity contribution in [1.29, 1.82) is 0 Å². The van der Waals surface area contributed by atoms with Crippen LogP contribution >= 0.6 is 23.2 Å². The molecular weight excluding hydrogens is 249 g/mol. The molecule has 0 heterocycles. The molecule has 0 aliphatic rings. The Bertz CT molecular complexity index is 394. The number of carboxylic acids is 1. The van der Waals surface area contributed by atoms with E-state index in [1.165, 1.54) is 0 Å². The van der Waals surface area contributed by atoms with Crippen LogP contribution in [0.25, 0.3) is 0 Å². The van der Waals surface area contributed by atoms with Gasteiger partial charge in [0.2, 0.25) is 0 Å². The topological polar surface area (TPSA) is 40.5 Å². The SMILES string of the molecule is CN(C)C(Cc1cc(Cl)ccc1Cl)C(=O)O. The van der Waals surface area contributed by atoms with Crippen LogP contribution in [0.2, 0.25) is 10.0 Å². The second-order valence-corrected chi connectivity index (χ2v) is 4.60. The maximum atomic E-state index is 11.0. The second-order valence-electron chi connectivity index (χ2n) is 3.76. The molecule has 0 spiro atoms. The lowest BCUT2D eigenvalue weighted by atomic mass is 10.1. The predicted octanol–water partition coefficient (Wildman–Crippen LogP) is 2.55. The van der Waals surface area contributed by atoms with Gasteiger partial charge in [-0.15, -0.1) is 0 Å². The summed E-state index contributed by atoms with van der Waals surface area (Å²) in [7, 11) is 3.44. The van der Waals surface area contributed by atoms with Crippen LogP contribution in [0.1, 0.15) is 5.56 Å². The quantitative estimate of drug-likeness (QED) is 0.906. The number of rotatable bonds is 4. The third kappa shape index (κ3) is 3.37. The average molecular weight is 262 g/mol. The molecule has 0 aliphatic heterocycles. The number of benzene rings is 1. The Balaban J connectivity index is 2.93. The first-order valence-electron chi connectivity index (χ1n) is 4.75. The number of carboxylic acid groups (broad SMARTS) is 1. The van der Waals surface area contributed by atoms with Gasteiger partial charge in [0.15, 0.2) is 0 Å². The van der Waals surface area contributed by atoms with Crippen molar-refractivity contribution in [2.75, 3.05) is 14.1 Å². The molecule has 1 atom stereocenters. The van der Waals surface area contributed by atoms with Crippen LogP contribution in [0, 0.1) is 0 Å². The van der Waals surface area contributed by atoms with Gasteiger partial charge in [-0.05, 0) is 37.9 Å². The molecule has 1 aromatic rings. The van der Waals surface area contributed by atoms with Crippen molar-refractivity contribution >= 4 is 29.2 Å². The summed E-state index contributed by atoms with van der Waals surface area (Å²) in [5, 5.41) is 10.1. The zero-order valence-electron chi connectivity index (χ0n) is 9.08. The van der Waals surface area contributed by atoms with Crippen LogP contribution in [-0.4, -0.2) is 36.1 Å². The predicted molar refractivity (Wildman–Crippen MR) is 65.3 cm³/mol. The lowest BCUT2D eigenvalue weighted by Gasteiger charge is -2.20. The van der Waals surface area contributed by atoms with Gasteiger partial charge in [0.25, 0.3) is 0 Å². The minimum Gasteiger partial charge on any atom is -0.480 e. The van der Waals surface area contributed by atoms with Crippen molar-refractivity contribution in [2.45, 2.75) is 12.5 Å². The van der Waals surface area contributed by atoms with Crippen LogP contribution in [0.5, 0.6) is 0 Å². The maximum Gasteiger partial charge on any atom is 0.321 e. The molecule has 0 aromatic heterocycles. The summed E-state index contributed by atoms with van der Waals surface area (Å²) in [6.07, 6.45) is 0.335. The highest BCUT2D eigenvalue weighted by molar-refractivity contribution is 6.33. The van der Waals surface area contributed by atoms with Crippen molar-refractivity contribution < 1.29 is 9.90 Å². The fourth-order valence-electron chi connectivity index (χ4n) is 1.40. The van der Waals surface area contributed by atoms with Gasteiger partial charge in [-0.3, -0.25) is 9.69 Å². The van der Waals surface area contributed by atoms with Crippen LogP contribution in [0.3, 0.4) is 0 Å². The monoisotopic (exact) mass is 261 g/mol.